The summed E-state index contributed by atoms with van der Waals surface area (Å²) in [5, 5.41) is 9.60. The lowest BCUT2D eigenvalue weighted by Crippen LogP contribution is -2.32. The van der Waals surface area contributed by atoms with Crippen molar-refractivity contribution in [1.29, 1.82) is 0 Å². The van der Waals surface area contributed by atoms with Crippen molar-refractivity contribution in [2.75, 3.05) is 46.4 Å². The molecule has 6 aromatic heterocycles. The van der Waals surface area contributed by atoms with Gasteiger partial charge in [0.1, 0.15) is 11.6 Å². The number of hydrogen-bond donors (Lipinski definition) is 1. The van der Waals surface area contributed by atoms with Gasteiger partial charge in [0.2, 0.25) is 0 Å². The van der Waals surface area contributed by atoms with E-state index < -0.39 is 0 Å². The molecule has 0 spiro atoms. The number of aromatic nitrogens is 4. The number of aryl methyl sites for hydroxylation is 7. The minimum absolute atomic E-state index is 0.822. The number of morpholine rings is 1. The van der Waals surface area contributed by atoms with Crippen molar-refractivity contribution in [2.24, 2.45) is 5.92 Å². The van der Waals surface area contributed by atoms with Gasteiger partial charge in [-0.15, -0.1) is 11.3 Å². The normalized spacial score (nSPS) is 10.8. The molecule has 0 unspecified atom stereocenters. The number of pyridine rings is 2. The molecule has 496 valence electrons. The maximum Gasteiger partial charge on any atom is 0.125 e. The summed E-state index contributed by atoms with van der Waals surface area (Å²) in [6.45, 7) is 65.0. The average molecular weight is 1230 g/mol. The Morgan fingerprint density at radius 3 is 1.22 bits per heavy atom. The predicted octanol–water partition coefficient (Wildman–Crippen LogP) is 24.4. The van der Waals surface area contributed by atoms with Crippen LogP contribution in [0.2, 0.25) is 0 Å². The van der Waals surface area contributed by atoms with E-state index >= 15 is 0 Å². The molecule has 0 saturated carbocycles. The van der Waals surface area contributed by atoms with E-state index in [1.807, 2.05) is 233 Å². The van der Waals surface area contributed by atoms with E-state index in [0.29, 0.717) is 0 Å². The molecule has 2 saturated heterocycles. The van der Waals surface area contributed by atoms with Gasteiger partial charge in [-0.1, -0.05) is 223 Å². The van der Waals surface area contributed by atoms with Gasteiger partial charge in [0, 0.05) is 54.6 Å². The lowest BCUT2D eigenvalue weighted by Gasteiger charge is -2.21. The second-order valence-electron chi connectivity index (χ2n) is 15.7. The average Bonchev–Trinajstić information content (AvgIpc) is 4.48. The number of likely N-dealkylation sites (N-methyl/N-ethyl adjacent to an activating group) is 1. The molecule has 8 heterocycles. The van der Waals surface area contributed by atoms with E-state index in [4.69, 9.17) is 9.15 Å². The molecule has 1 aliphatic carbocycles. The molecular weight excluding hydrogens is 1090 g/mol. The highest BCUT2D eigenvalue weighted by atomic mass is 32.1. The van der Waals surface area contributed by atoms with Gasteiger partial charge in [0.05, 0.1) is 19.5 Å². The molecule has 10 rings (SSSR count). The summed E-state index contributed by atoms with van der Waals surface area (Å²) in [6.07, 6.45) is 20.8. The first-order valence-electron chi connectivity index (χ1n) is 32.7. The number of furan rings is 1. The van der Waals surface area contributed by atoms with E-state index in [1.165, 1.54) is 59.5 Å². The van der Waals surface area contributed by atoms with Gasteiger partial charge in [-0.05, 0) is 177 Å². The number of rotatable bonds is 0. The van der Waals surface area contributed by atoms with Crippen molar-refractivity contribution in [3.05, 3.63) is 213 Å². The fraction of sp³-hybridized carbons (Fsp3) is 0.526. The van der Waals surface area contributed by atoms with Crippen molar-refractivity contribution < 1.29 is 9.15 Å². The van der Waals surface area contributed by atoms with Crippen molar-refractivity contribution >= 4 is 22.7 Å². The van der Waals surface area contributed by atoms with Crippen LogP contribution in [-0.2, 0) is 4.74 Å². The Kier molecular flexibility index (Phi) is 118. The number of ether oxygens (including phenoxy) is 1. The molecule has 0 bridgehead atoms. The molecule has 8 nitrogen and oxygen atoms in total. The number of allylic oxidation sites excluding steroid dienone is 4. The lowest BCUT2D eigenvalue weighted by molar-refractivity contribution is 0.0503. The highest BCUT2D eigenvalue weighted by Gasteiger charge is 2.05. The van der Waals surface area contributed by atoms with E-state index in [2.05, 4.69) is 137 Å². The summed E-state index contributed by atoms with van der Waals surface area (Å²) < 4.78 is 9.93. The van der Waals surface area contributed by atoms with Crippen LogP contribution in [-0.4, -0.2) is 71.3 Å². The fourth-order valence-electron chi connectivity index (χ4n) is 5.03. The van der Waals surface area contributed by atoms with Gasteiger partial charge in [0.25, 0.3) is 0 Å². The number of nitrogens with one attached hydrogen (secondary N) is 1. The SMILES string of the molecule is CC.CC.CC.CC.CC.CC.CC.CC.CC.CC.CC1=CC=CC1.CC1CCNCC1.CN1CCOCC1.Cc1ccccc1.Cc1ccccn1.Cc1cccnc1.Cc1ccco1.Cc1cccs1.Cc1ccsc1.Cc1ncccn1. The van der Waals surface area contributed by atoms with Crippen molar-refractivity contribution in [2.45, 2.75) is 220 Å². The number of thiophene rings is 2. The minimum atomic E-state index is 0.822. The van der Waals surface area contributed by atoms with E-state index in [9.17, 15) is 0 Å². The van der Waals surface area contributed by atoms with Crippen LogP contribution < -0.4 is 5.32 Å². The van der Waals surface area contributed by atoms with Crippen LogP contribution in [0.15, 0.2) is 179 Å². The Hall–Kier alpha value is -5.36. The van der Waals surface area contributed by atoms with Gasteiger partial charge in [-0.2, -0.15) is 11.3 Å². The highest BCUT2D eigenvalue weighted by Crippen LogP contribution is 2.08. The topological polar surface area (TPSA) is 89.2 Å². The summed E-state index contributed by atoms with van der Waals surface area (Å²) >= 11 is 3.52. The van der Waals surface area contributed by atoms with Crippen LogP contribution in [0.4, 0.5) is 0 Å². The van der Waals surface area contributed by atoms with Crippen molar-refractivity contribution in [3.8, 4) is 0 Å². The van der Waals surface area contributed by atoms with E-state index in [-0.39, 0.29) is 0 Å². The zero-order valence-corrected chi connectivity index (χ0v) is 63.1. The number of piperidine rings is 1. The molecule has 0 atom stereocenters. The van der Waals surface area contributed by atoms with Crippen LogP contribution in [0.1, 0.15) is 210 Å². The third-order valence-electron chi connectivity index (χ3n) is 9.07. The van der Waals surface area contributed by atoms with Crippen LogP contribution in [0, 0.1) is 54.4 Å². The van der Waals surface area contributed by atoms with Gasteiger partial charge >= 0.3 is 0 Å². The third kappa shape index (κ3) is 95.0. The maximum absolute atomic E-state index is 5.10. The summed E-state index contributed by atoms with van der Waals surface area (Å²) in [4.78, 5) is 19.3. The van der Waals surface area contributed by atoms with Gasteiger partial charge < -0.3 is 19.4 Å². The summed E-state index contributed by atoms with van der Waals surface area (Å²) in [5.41, 5.74) is 6.43. The first-order valence-corrected chi connectivity index (χ1v) is 34.5. The smallest absolute Gasteiger partial charge is 0.125 e. The van der Waals surface area contributed by atoms with E-state index in [1.54, 1.807) is 59.8 Å². The second kappa shape index (κ2) is 98.7. The lowest BCUT2D eigenvalue weighted by atomic mass is 10.0. The highest BCUT2D eigenvalue weighted by molar-refractivity contribution is 7.09. The first kappa shape index (κ1) is 102. The monoisotopic (exact) mass is 1230 g/mol. The van der Waals surface area contributed by atoms with Crippen LogP contribution in [0.5, 0.6) is 0 Å². The zero-order chi connectivity index (χ0) is 68.3. The quantitative estimate of drug-likeness (QED) is 0.161. The fourth-order valence-corrected chi connectivity index (χ4v) is 6.23. The number of benzene rings is 1. The Morgan fingerprint density at radius 1 is 0.512 bits per heavy atom. The summed E-state index contributed by atoms with van der Waals surface area (Å²) in [5.74, 6) is 2.76. The standard InChI is InChI=1S/C7H8.C6H13N.2C6H7N.C6H8.C5H6N2.C5H11NO.C5H6O.2C5H6S.10C2H6/c1-7-5-3-2-4-6-7;1-6-2-4-7-5-3-6;1-6-3-2-4-7-5-6;1-6-4-2-3-5-7-6;1-6-4-2-3-5-6;1-5-6-3-2-4-7-5;1-6-2-4-7-5-3-6;1-5-3-2-4-6-5;1-5-2-3-6-4-5;1-5-3-2-4-6-5;10*1-2/h2-6H,1H3;6-7H,2-5H2,1H3;2*2-5H,1H3;2-4H,5H2,1H3;2-4H,1H3;2-5H2,1H3;3*2-4H,1H3;10*1-2H3. The summed E-state index contributed by atoms with van der Waals surface area (Å²) in [7, 11) is 2.11. The van der Waals surface area contributed by atoms with Crippen LogP contribution >= 0.6 is 22.7 Å². The number of nitrogens with zero attached hydrogens (tertiary/aromatic N) is 5. The molecule has 7 aromatic rings. The molecule has 3 aliphatic rings. The molecule has 2 fully saturated rings. The zero-order valence-electron chi connectivity index (χ0n) is 61.5. The van der Waals surface area contributed by atoms with Crippen LogP contribution in [0.25, 0.3) is 0 Å². The predicted molar refractivity (Wildman–Crippen MR) is 398 cm³/mol. The second-order valence-corrected chi connectivity index (χ2v) is 17.6. The summed E-state index contributed by atoms with van der Waals surface area (Å²) in [6, 6.07) is 31.9. The Balaban J connectivity index is -0.0000000903. The first-order chi connectivity index (χ1) is 41.9. The van der Waals surface area contributed by atoms with E-state index in [0.717, 1.165) is 49.5 Å². The van der Waals surface area contributed by atoms with Gasteiger partial charge in [-0.3, -0.25) is 9.97 Å². The number of hydrogen-bond acceptors (Lipinski definition) is 10. The minimum Gasteiger partial charge on any atom is -0.470 e. The molecule has 1 N–H and O–H groups in total. The van der Waals surface area contributed by atoms with Gasteiger partial charge in [0.15, 0.2) is 0 Å². The molecule has 10 heteroatoms. The van der Waals surface area contributed by atoms with Crippen LogP contribution in [0.3, 0.4) is 0 Å². The molecule has 86 heavy (non-hydrogen) atoms. The van der Waals surface area contributed by atoms with Crippen molar-refractivity contribution in [1.82, 2.24) is 30.2 Å². The molecular formula is C76H138N6O2S2. The van der Waals surface area contributed by atoms with Crippen molar-refractivity contribution in [3.63, 3.8) is 0 Å². The maximum atomic E-state index is 5.10. The molecule has 0 radical (unpaired) electrons. The largest absolute Gasteiger partial charge is 0.470 e. The Bertz CT molecular complexity index is 1830. The Labute approximate surface area is 544 Å². The molecule has 1 aromatic carbocycles. The molecule has 0 amide bonds. The Morgan fingerprint density at radius 2 is 1.03 bits per heavy atom. The molecule has 2 aliphatic heterocycles. The third-order valence-corrected chi connectivity index (χ3v) is 10.7. The van der Waals surface area contributed by atoms with Gasteiger partial charge in [-0.25, -0.2) is 9.97 Å².